The van der Waals surface area contributed by atoms with Crippen LogP contribution in [0.25, 0.3) is 0 Å². The van der Waals surface area contributed by atoms with E-state index in [0.29, 0.717) is 12.0 Å². The van der Waals surface area contributed by atoms with Gasteiger partial charge in [-0.15, -0.1) is 0 Å². The fraction of sp³-hybridized carbons (Fsp3) is 0.923. The van der Waals surface area contributed by atoms with Gasteiger partial charge in [0.05, 0.1) is 12.0 Å². The van der Waals surface area contributed by atoms with Crippen LogP contribution in [0.1, 0.15) is 39.5 Å². The first-order chi connectivity index (χ1) is 7.22. The Morgan fingerprint density at radius 2 is 1.93 bits per heavy atom. The largest absolute Gasteiger partial charge is 0.299 e. The smallest absolute Gasteiger partial charge is 0.0672 e. The number of nitriles is 1. The first-order valence-electron chi connectivity index (χ1n) is 6.36. The fourth-order valence-corrected chi connectivity index (χ4v) is 3.12. The molecule has 2 fully saturated rings. The molecule has 2 aliphatic rings. The maximum Gasteiger partial charge on any atom is 0.0672 e. The lowest BCUT2D eigenvalue weighted by atomic mass is 9.87. The second kappa shape index (κ2) is 4.53. The van der Waals surface area contributed by atoms with Gasteiger partial charge in [0.1, 0.15) is 0 Å². The predicted molar refractivity (Wildman–Crippen MR) is 61.3 cm³/mol. The molecule has 4 unspecified atom stereocenters. The molecule has 0 spiro atoms. The van der Waals surface area contributed by atoms with Crippen molar-refractivity contribution < 1.29 is 0 Å². The Labute approximate surface area is 93.3 Å². The Bertz CT molecular complexity index is 256. The van der Waals surface area contributed by atoms with Gasteiger partial charge in [0, 0.05) is 12.6 Å². The zero-order valence-corrected chi connectivity index (χ0v) is 9.95. The minimum absolute atomic E-state index is 0.311. The molecule has 2 nitrogen and oxygen atoms in total. The van der Waals surface area contributed by atoms with E-state index in [1.807, 2.05) is 0 Å². The first-order valence-corrected chi connectivity index (χ1v) is 6.36. The zero-order chi connectivity index (χ0) is 10.8. The quantitative estimate of drug-likeness (QED) is 0.659. The van der Waals surface area contributed by atoms with E-state index in [4.69, 9.17) is 5.26 Å². The van der Waals surface area contributed by atoms with Crippen LogP contribution in [0.3, 0.4) is 0 Å². The van der Waals surface area contributed by atoms with Gasteiger partial charge in [-0.2, -0.15) is 5.26 Å². The van der Waals surface area contributed by atoms with Crippen LogP contribution in [0.15, 0.2) is 0 Å². The summed E-state index contributed by atoms with van der Waals surface area (Å²) in [6.07, 6.45) is 4.94. The number of hydrogen-bond donors (Lipinski definition) is 0. The third-order valence-electron chi connectivity index (χ3n) is 4.48. The van der Waals surface area contributed by atoms with Crippen LogP contribution in [0, 0.1) is 29.1 Å². The van der Waals surface area contributed by atoms with Gasteiger partial charge in [-0.05, 0) is 37.6 Å². The summed E-state index contributed by atoms with van der Waals surface area (Å²) in [6.45, 7) is 7.14. The predicted octanol–water partition coefficient (Wildman–Crippen LogP) is 2.66. The summed E-state index contributed by atoms with van der Waals surface area (Å²) >= 11 is 0. The molecule has 2 rings (SSSR count). The highest BCUT2D eigenvalue weighted by Gasteiger charge is 2.35. The lowest BCUT2D eigenvalue weighted by molar-refractivity contribution is 0.0867. The van der Waals surface area contributed by atoms with E-state index in [0.717, 1.165) is 18.3 Å². The molecule has 0 aromatic heterocycles. The van der Waals surface area contributed by atoms with Gasteiger partial charge >= 0.3 is 0 Å². The zero-order valence-electron chi connectivity index (χ0n) is 9.95. The highest BCUT2D eigenvalue weighted by molar-refractivity contribution is 4.98. The molecule has 2 heteroatoms. The molecule has 84 valence electrons. The van der Waals surface area contributed by atoms with Crippen LogP contribution < -0.4 is 0 Å². The topological polar surface area (TPSA) is 27.0 Å². The Morgan fingerprint density at radius 3 is 2.60 bits per heavy atom. The molecule has 1 saturated carbocycles. The van der Waals surface area contributed by atoms with Crippen LogP contribution in [0.5, 0.6) is 0 Å². The van der Waals surface area contributed by atoms with Gasteiger partial charge in [-0.3, -0.25) is 4.90 Å². The first kappa shape index (κ1) is 11.0. The lowest BCUT2D eigenvalue weighted by Gasteiger charge is -2.39. The molecule has 4 atom stereocenters. The Kier molecular flexibility index (Phi) is 3.31. The van der Waals surface area contributed by atoms with Gasteiger partial charge in [-0.1, -0.05) is 20.3 Å². The van der Waals surface area contributed by atoms with E-state index < -0.39 is 0 Å². The molecule has 0 aromatic rings. The summed E-state index contributed by atoms with van der Waals surface area (Å²) in [6, 6.07) is 3.07. The Hall–Kier alpha value is -0.550. The summed E-state index contributed by atoms with van der Waals surface area (Å²) in [5, 5.41) is 9.11. The third kappa shape index (κ3) is 2.18. The maximum absolute atomic E-state index is 9.11. The average Bonchev–Trinajstić information content (AvgIpc) is 2.70. The standard InChI is InChI=1S/C13H22N2/c1-10-6-7-15(9-11(10)2)13-5-3-4-12(13)8-14/h10-13H,3-7,9H2,1-2H3. The summed E-state index contributed by atoms with van der Waals surface area (Å²) in [4.78, 5) is 2.59. The summed E-state index contributed by atoms with van der Waals surface area (Å²) in [5.74, 6) is 1.98. The molecule has 0 aromatic carbocycles. The van der Waals surface area contributed by atoms with Gasteiger partial charge in [0.15, 0.2) is 0 Å². The number of nitrogens with zero attached hydrogens (tertiary/aromatic N) is 2. The van der Waals surface area contributed by atoms with Crippen molar-refractivity contribution in [3.63, 3.8) is 0 Å². The van der Waals surface area contributed by atoms with E-state index in [-0.39, 0.29) is 0 Å². The van der Waals surface area contributed by atoms with E-state index in [2.05, 4.69) is 24.8 Å². The summed E-state index contributed by atoms with van der Waals surface area (Å²) in [5.41, 5.74) is 0. The van der Waals surface area contributed by atoms with Gasteiger partial charge < -0.3 is 0 Å². The van der Waals surface area contributed by atoms with Crippen molar-refractivity contribution in [2.75, 3.05) is 13.1 Å². The van der Waals surface area contributed by atoms with E-state index >= 15 is 0 Å². The molecule has 1 heterocycles. The summed E-state index contributed by atoms with van der Waals surface area (Å²) < 4.78 is 0. The van der Waals surface area contributed by atoms with Crippen molar-refractivity contribution in [1.29, 1.82) is 5.26 Å². The molecule has 1 aliphatic carbocycles. The molecular weight excluding hydrogens is 184 g/mol. The number of likely N-dealkylation sites (tertiary alicyclic amines) is 1. The minimum atomic E-state index is 0.311. The second-order valence-electron chi connectivity index (χ2n) is 5.47. The van der Waals surface area contributed by atoms with E-state index in [1.54, 1.807) is 0 Å². The number of rotatable bonds is 1. The average molecular weight is 206 g/mol. The monoisotopic (exact) mass is 206 g/mol. The third-order valence-corrected chi connectivity index (χ3v) is 4.48. The lowest BCUT2D eigenvalue weighted by Crippen LogP contribution is -2.45. The van der Waals surface area contributed by atoms with Crippen molar-refractivity contribution in [2.24, 2.45) is 17.8 Å². The molecule has 0 radical (unpaired) electrons. The fourth-order valence-electron chi connectivity index (χ4n) is 3.12. The molecule has 15 heavy (non-hydrogen) atoms. The van der Waals surface area contributed by atoms with Crippen LogP contribution in [0.4, 0.5) is 0 Å². The molecule has 0 N–H and O–H groups in total. The van der Waals surface area contributed by atoms with E-state index in [1.165, 1.54) is 32.4 Å². The molecule has 1 saturated heterocycles. The molecule has 0 bridgehead atoms. The summed E-state index contributed by atoms with van der Waals surface area (Å²) in [7, 11) is 0. The van der Waals surface area contributed by atoms with Crippen LogP contribution in [-0.2, 0) is 0 Å². The van der Waals surface area contributed by atoms with Gasteiger partial charge in [0.2, 0.25) is 0 Å². The highest BCUT2D eigenvalue weighted by Crippen LogP contribution is 2.33. The van der Waals surface area contributed by atoms with Crippen molar-refractivity contribution in [2.45, 2.75) is 45.6 Å². The number of piperidine rings is 1. The van der Waals surface area contributed by atoms with Crippen molar-refractivity contribution in [3.8, 4) is 6.07 Å². The maximum atomic E-state index is 9.11. The van der Waals surface area contributed by atoms with Crippen LogP contribution >= 0.6 is 0 Å². The highest BCUT2D eigenvalue weighted by atomic mass is 15.2. The van der Waals surface area contributed by atoms with Crippen molar-refractivity contribution in [1.82, 2.24) is 4.90 Å². The molecular formula is C13H22N2. The van der Waals surface area contributed by atoms with Crippen LogP contribution in [-0.4, -0.2) is 24.0 Å². The van der Waals surface area contributed by atoms with Gasteiger partial charge in [0.25, 0.3) is 0 Å². The van der Waals surface area contributed by atoms with Gasteiger partial charge in [-0.25, -0.2) is 0 Å². The molecule has 0 amide bonds. The Morgan fingerprint density at radius 1 is 1.13 bits per heavy atom. The minimum Gasteiger partial charge on any atom is -0.299 e. The molecule has 1 aliphatic heterocycles. The van der Waals surface area contributed by atoms with Crippen molar-refractivity contribution in [3.05, 3.63) is 0 Å². The normalized spacial score (nSPS) is 42.7. The SMILES string of the molecule is CC1CCN(C2CCCC2C#N)CC1C. The van der Waals surface area contributed by atoms with E-state index in [9.17, 15) is 0 Å². The Balaban J connectivity index is 1.97. The van der Waals surface area contributed by atoms with Crippen LogP contribution in [0.2, 0.25) is 0 Å². The second-order valence-corrected chi connectivity index (χ2v) is 5.47. The number of hydrogen-bond acceptors (Lipinski definition) is 2. The van der Waals surface area contributed by atoms with Crippen molar-refractivity contribution >= 4 is 0 Å².